The van der Waals surface area contributed by atoms with Crippen LogP contribution in [0.1, 0.15) is 30.5 Å². The fourth-order valence-electron chi connectivity index (χ4n) is 2.69. The first-order valence-corrected chi connectivity index (χ1v) is 7.70. The molecule has 22 heavy (non-hydrogen) atoms. The summed E-state index contributed by atoms with van der Waals surface area (Å²) in [7, 11) is 0. The van der Waals surface area contributed by atoms with Crippen LogP contribution in [0, 0.1) is 0 Å². The van der Waals surface area contributed by atoms with E-state index in [4.69, 9.17) is 0 Å². The molecule has 0 saturated carbocycles. The topological polar surface area (TPSA) is 53.2 Å². The number of anilines is 1. The lowest BCUT2D eigenvalue weighted by molar-refractivity contribution is -0.124. The molecule has 2 atom stereocenters. The van der Waals surface area contributed by atoms with Gasteiger partial charge < -0.3 is 10.6 Å². The van der Waals surface area contributed by atoms with E-state index >= 15 is 0 Å². The van der Waals surface area contributed by atoms with Crippen molar-refractivity contribution < 1.29 is 4.79 Å². The first-order chi connectivity index (χ1) is 10.7. The molecule has 2 aromatic carbocycles. The smallest absolute Gasteiger partial charge is 0.224 e. The van der Waals surface area contributed by atoms with Crippen molar-refractivity contribution in [1.29, 1.82) is 0 Å². The van der Waals surface area contributed by atoms with Gasteiger partial charge in [-0.25, -0.2) is 0 Å². The van der Waals surface area contributed by atoms with Crippen LogP contribution in [0.4, 0.5) is 5.69 Å². The van der Waals surface area contributed by atoms with Crippen molar-refractivity contribution in [2.75, 3.05) is 5.32 Å². The van der Waals surface area contributed by atoms with Gasteiger partial charge in [0.1, 0.15) is 0 Å². The summed E-state index contributed by atoms with van der Waals surface area (Å²) in [5.41, 5.74) is 3.42. The van der Waals surface area contributed by atoms with Crippen molar-refractivity contribution in [3.05, 3.63) is 65.7 Å². The SMILES string of the molecule is CCc1ccc(NC2NC(=O)CC(c3ccccc3)N2)cc1. The maximum atomic E-state index is 12.0. The third-order valence-electron chi connectivity index (χ3n) is 3.94. The third kappa shape index (κ3) is 3.46. The van der Waals surface area contributed by atoms with Crippen LogP contribution in [0.5, 0.6) is 0 Å². The number of carbonyl (C=O) groups excluding carboxylic acids is 1. The number of amides is 1. The highest BCUT2D eigenvalue weighted by Crippen LogP contribution is 2.20. The molecule has 1 aliphatic rings. The van der Waals surface area contributed by atoms with Crippen molar-refractivity contribution in [3.63, 3.8) is 0 Å². The number of hydrogen-bond donors (Lipinski definition) is 3. The highest BCUT2D eigenvalue weighted by molar-refractivity contribution is 5.78. The van der Waals surface area contributed by atoms with Crippen LogP contribution < -0.4 is 16.0 Å². The summed E-state index contributed by atoms with van der Waals surface area (Å²) in [5.74, 6) is 0.0512. The van der Waals surface area contributed by atoms with Gasteiger partial charge in [0.15, 0.2) is 6.29 Å². The van der Waals surface area contributed by atoms with E-state index in [9.17, 15) is 4.79 Å². The van der Waals surface area contributed by atoms with Crippen LogP contribution in [-0.4, -0.2) is 12.2 Å². The van der Waals surface area contributed by atoms with E-state index in [1.165, 1.54) is 5.56 Å². The lowest BCUT2D eigenvalue weighted by Gasteiger charge is -2.32. The molecule has 2 aromatic rings. The number of rotatable bonds is 4. The fourth-order valence-corrected chi connectivity index (χ4v) is 2.69. The van der Waals surface area contributed by atoms with Gasteiger partial charge in [0.05, 0.1) is 0 Å². The maximum absolute atomic E-state index is 12.0. The Hall–Kier alpha value is -2.33. The van der Waals surface area contributed by atoms with E-state index in [0.29, 0.717) is 6.42 Å². The summed E-state index contributed by atoms with van der Waals surface area (Å²) >= 11 is 0. The second-order valence-electron chi connectivity index (χ2n) is 5.53. The monoisotopic (exact) mass is 295 g/mol. The maximum Gasteiger partial charge on any atom is 0.224 e. The Kier molecular flexibility index (Phi) is 4.39. The Morgan fingerprint density at radius 2 is 1.82 bits per heavy atom. The van der Waals surface area contributed by atoms with Gasteiger partial charge in [0.25, 0.3) is 0 Å². The molecule has 3 N–H and O–H groups in total. The third-order valence-corrected chi connectivity index (χ3v) is 3.94. The van der Waals surface area contributed by atoms with Crippen LogP contribution in [0.15, 0.2) is 54.6 Å². The summed E-state index contributed by atoms with van der Waals surface area (Å²) in [4.78, 5) is 12.0. The fraction of sp³-hybridized carbons (Fsp3) is 0.278. The van der Waals surface area contributed by atoms with Gasteiger partial charge in [0.2, 0.25) is 5.91 Å². The molecular weight excluding hydrogens is 274 g/mol. The second kappa shape index (κ2) is 6.62. The average Bonchev–Trinajstić information content (AvgIpc) is 2.56. The quantitative estimate of drug-likeness (QED) is 0.813. The lowest BCUT2D eigenvalue weighted by Crippen LogP contribution is -2.56. The summed E-state index contributed by atoms with van der Waals surface area (Å²) in [6.45, 7) is 2.13. The minimum Gasteiger partial charge on any atom is -0.353 e. The molecule has 0 radical (unpaired) electrons. The molecule has 0 spiro atoms. The van der Waals surface area contributed by atoms with Crippen LogP contribution in [-0.2, 0) is 11.2 Å². The van der Waals surface area contributed by atoms with Gasteiger partial charge in [-0.05, 0) is 29.7 Å². The molecule has 1 saturated heterocycles. The van der Waals surface area contributed by atoms with Gasteiger partial charge in [-0.1, -0.05) is 49.4 Å². The molecule has 4 heteroatoms. The van der Waals surface area contributed by atoms with Crippen LogP contribution >= 0.6 is 0 Å². The minimum absolute atomic E-state index is 0.0300. The molecule has 3 rings (SSSR count). The lowest BCUT2D eigenvalue weighted by atomic mass is 10.0. The summed E-state index contributed by atoms with van der Waals surface area (Å²) in [6, 6.07) is 18.4. The van der Waals surface area contributed by atoms with Crippen molar-refractivity contribution in [3.8, 4) is 0 Å². The standard InChI is InChI=1S/C18H21N3O/c1-2-13-8-10-15(11-9-13)19-18-20-16(12-17(22)21-18)14-6-4-3-5-7-14/h3-11,16,18-20H,2,12H2,1H3,(H,21,22). The van der Waals surface area contributed by atoms with Crippen LogP contribution in [0.2, 0.25) is 0 Å². The normalized spacial score (nSPS) is 21.2. The van der Waals surface area contributed by atoms with Crippen molar-refractivity contribution in [1.82, 2.24) is 10.6 Å². The van der Waals surface area contributed by atoms with Gasteiger partial charge in [0, 0.05) is 18.2 Å². The highest BCUT2D eigenvalue weighted by atomic mass is 16.2. The zero-order chi connectivity index (χ0) is 15.4. The number of hydrogen-bond acceptors (Lipinski definition) is 3. The van der Waals surface area contributed by atoms with Crippen LogP contribution in [0.25, 0.3) is 0 Å². The average molecular weight is 295 g/mol. The van der Waals surface area contributed by atoms with Gasteiger partial charge in [-0.2, -0.15) is 0 Å². The predicted molar refractivity (Wildman–Crippen MR) is 88.3 cm³/mol. The summed E-state index contributed by atoms with van der Waals surface area (Å²) < 4.78 is 0. The van der Waals surface area contributed by atoms with Gasteiger partial charge in [-0.15, -0.1) is 0 Å². The molecule has 2 unspecified atom stereocenters. The molecule has 1 amide bonds. The number of benzene rings is 2. The van der Waals surface area contributed by atoms with Gasteiger partial charge >= 0.3 is 0 Å². The zero-order valence-electron chi connectivity index (χ0n) is 12.7. The first-order valence-electron chi connectivity index (χ1n) is 7.70. The molecule has 0 aliphatic carbocycles. The highest BCUT2D eigenvalue weighted by Gasteiger charge is 2.26. The summed E-state index contributed by atoms with van der Waals surface area (Å²) in [6.07, 6.45) is 1.21. The Bertz CT molecular complexity index is 625. The second-order valence-corrected chi connectivity index (χ2v) is 5.53. The van der Waals surface area contributed by atoms with Crippen molar-refractivity contribution in [2.24, 2.45) is 0 Å². The Balaban J connectivity index is 1.69. The molecule has 1 heterocycles. The molecular formula is C18H21N3O. The van der Waals surface area contributed by atoms with Crippen molar-refractivity contribution in [2.45, 2.75) is 32.1 Å². The van der Waals surface area contributed by atoms with E-state index in [1.807, 2.05) is 42.5 Å². The molecule has 0 aromatic heterocycles. The van der Waals surface area contributed by atoms with E-state index in [0.717, 1.165) is 17.7 Å². The van der Waals surface area contributed by atoms with Crippen LogP contribution in [0.3, 0.4) is 0 Å². The van der Waals surface area contributed by atoms with Crippen molar-refractivity contribution >= 4 is 11.6 Å². The molecule has 0 bridgehead atoms. The predicted octanol–water partition coefficient (Wildman–Crippen LogP) is 2.80. The minimum atomic E-state index is -0.265. The first kappa shape index (κ1) is 14.6. The molecule has 4 nitrogen and oxygen atoms in total. The largest absolute Gasteiger partial charge is 0.353 e. The van der Waals surface area contributed by atoms with E-state index in [2.05, 4.69) is 35.0 Å². The zero-order valence-corrected chi connectivity index (χ0v) is 12.7. The summed E-state index contributed by atoms with van der Waals surface area (Å²) in [5, 5.41) is 9.69. The van der Waals surface area contributed by atoms with E-state index in [1.54, 1.807) is 0 Å². The Morgan fingerprint density at radius 3 is 2.50 bits per heavy atom. The molecule has 1 aliphatic heterocycles. The molecule has 1 fully saturated rings. The number of carbonyl (C=O) groups is 1. The number of nitrogens with one attached hydrogen (secondary N) is 3. The Morgan fingerprint density at radius 1 is 1.09 bits per heavy atom. The molecule has 114 valence electrons. The van der Waals surface area contributed by atoms with E-state index in [-0.39, 0.29) is 18.2 Å². The Labute approximate surface area is 130 Å². The number of aryl methyl sites for hydroxylation is 1. The van der Waals surface area contributed by atoms with E-state index < -0.39 is 0 Å². The van der Waals surface area contributed by atoms with Gasteiger partial charge in [-0.3, -0.25) is 10.1 Å².